The number of fused-ring (bicyclic) bond motifs is 3. The molecular weight excluding hydrogens is 803 g/mol. The highest BCUT2D eigenvalue weighted by atomic mass is 35.5. The average molecular weight is 873 g/mol. The number of hydrogen-bond acceptors (Lipinski definition) is 7. The summed E-state index contributed by atoms with van der Waals surface area (Å²) >= 11 is 6.19. The number of rotatable bonds is 25. The predicted molar refractivity (Wildman–Crippen MR) is 239 cm³/mol. The zero-order valence-electron chi connectivity index (χ0n) is 36.6. The van der Waals surface area contributed by atoms with Gasteiger partial charge in [-0.05, 0) is 74.1 Å². The number of allylic oxidation sites excluding steroid dienone is 2. The summed E-state index contributed by atoms with van der Waals surface area (Å²) in [4.78, 5) is 37.3. The van der Waals surface area contributed by atoms with E-state index in [0.717, 1.165) is 81.9 Å². The molecule has 1 saturated carbocycles. The van der Waals surface area contributed by atoms with Crippen molar-refractivity contribution in [1.29, 1.82) is 0 Å². The molecule has 1 saturated heterocycles. The maximum atomic E-state index is 14.4. The molecule has 2 N–H and O–H groups in total. The molecule has 6 rings (SSSR count). The number of nitrogens with zero attached hydrogens (tertiary/aromatic N) is 6. The summed E-state index contributed by atoms with van der Waals surface area (Å²) in [6.07, 6.45) is 22.4. The van der Waals surface area contributed by atoms with Gasteiger partial charge in [0, 0.05) is 32.7 Å². The number of nitrogens with one attached hydrogen (secondary N) is 1. The minimum absolute atomic E-state index is 0.0559. The molecule has 3 aromatic rings. The quantitative estimate of drug-likeness (QED) is 0.0817. The van der Waals surface area contributed by atoms with Crippen molar-refractivity contribution in [3.05, 3.63) is 56.7 Å². The first-order valence-electron chi connectivity index (χ1n) is 23.5. The van der Waals surface area contributed by atoms with Crippen LogP contribution in [-0.4, -0.2) is 73.9 Å². The normalized spacial score (nSPS) is 18.7. The van der Waals surface area contributed by atoms with E-state index >= 15 is 0 Å². The monoisotopic (exact) mass is 872 g/mol. The second-order valence-corrected chi connectivity index (χ2v) is 18.2. The van der Waals surface area contributed by atoms with Crippen LogP contribution in [0.2, 0.25) is 5.02 Å². The number of aliphatic hydroxyl groups is 1. The van der Waals surface area contributed by atoms with E-state index in [0.29, 0.717) is 48.6 Å². The lowest BCUT2D eigenvalue weighted by molar-refractivity contribution is -0.137. The molecule has 3 atom stereocenters. The summed E-state index contributed by atoms with van der Waals surface area (Å²) in [6.45, 7) is 7.36. The third-order valence-corrected chi connectivity index (χ3v) is 13.5. The SMILES string of the molecule is CCCCCCCCCCCCCCCCCC(O)CCN1CCN(c2c(CC)n(CC(=O)Nc3ccc(C(F)(F)F)cc3Cl)c3nc(C4=CC5CCC4C5)nn3c2=O)CC1. The molecule has 0 radical (unpaired) electrons. The Hall–Kier alpha value is -3.42. The van der Waals surface area contributed by atoms with Gasteiger partial charge in [-0.2, -0.15) is 22.7 Å². The molecule has 1 aliphatic heterocycles. The second-order valence-electron chi connectivity index (χ2n) is 17.8. The Labute approximate surface area is 365 Å². The molecule has 1 aromatic carbocycles. The number of aromatic nitrogens is 4. The number of amides is 1. The Morgan fingerprint density at radius 2 is 1.54 bits per heavy atom. The lowest BCUT2D eigenvalue weighted by Gasteiger charge is -2.37. The summed E-state index contributed by atoms with van der Waals surface area (Å²) < 4.78 is 42.9. The van der Waals surface area contributed by atoms with Crippen LogP contribution in [0.25, 0.3) is 11.4 Å². The lowest BCUT2D eigenvalue weighted by Crippen LogP contribution is -2.49. The number of carbonyl (C=O) groups excluding carboxylic acids is 1. The molecule has 3 unspecified atom stereocenters. The smallest absolute Gasteiger partial charge is 0.393 e. The number of unbranched alkanes of at least 4 members (excludes halogenated alkanes) is 14. The zero-order valence-corrected chi connectivity index (χ0v) is 37.3. The minimum Gasteiger partial charge on any atom is -0.393 e. The minimum atomic E-state index is -4.57. The van der Waals surface area contributed by atoms with Crippen molar-refractivity contribution in [3.8, 4) is 0 Å². The number of hydrogen-bond donors (Lipinski definition) is 2. The predicted octanol–water partition coefficient (Wildman–Crippen LogP) is 10.7. The fraction of sp³-hybridized carbons (Fsp3) is 0.702. The summed E-state index contributed by atoms with van der Waals surface area (Å²) in [5.74, 6) is 1.05. The fourth-order valence-electron chi connectivity index (χ4n) is 9.70. The first-order valence-corrected chi connectivity index (χ1v) is 23.9. The van der Waals surface area contributed by atoms with Gasteiger partial charge in [-0.3, -0.25) is 14.5 Å². The van der Waals surface area contributed by atoms with E-state index in [2.05, 4.69) is 28.1 Å². The van der Waals surface area contributed by atoms with E-state index in [9.17, 15) is 27.9 Å². The van der Waals surface area contributed by atoms with Crippen molar-refractivity contribution in [2.24, 2.45) is 11.8 Å². The summed E-state index contributed by atoms with van der Waals surface area (Å²) in [5.41, 5.74) is 1.01. The first kappa shape index (κ1) is 47.1. The van der Waals surface area contributed by atoms with Crippen LogP contribution in [0.15, 0.2) is 29.1 Å². The Balaban J connectivity index is 1.01. The van der Waals surface area contributed by atoms with E-state index < -0.39 is 17.6 Å². The van der Waals surface area contributed by atoms with E-state index in [1.165, 1.54) is 94.4 Å². The number of alkyl halides is 3. The highest BCUT2D eigenvalue weighted by Crippen LogP contribution is 2.47. The first-order chi connectivity index (χ1) is 29.5. The third-order valence-electron chi connectivity index (χ3n) is 13.2. The molecule has 61 heavy (non-hydrogen) atoms. The molecule has 14 heteroatoms. The molecule has 2 aliphatic carbocycles. The van der Waals surface area contributed by atoms with Gasteiger partial charge in [0.25, 0.3) is 5.56 Å². The van der Waals surface area contributed by atoms with Crippen LogP contribution in [0, 0.1) is 11.8 Å². The molecule has 0 spiro atoms. The lowest BCUT2D eigenvalue weighted by atomic mass is 9.98. The van der Waals surface area contributed by atoms with Crippen LogP contribution in [0.1, 0.15) is 159 Å². The number of benzene rings is 1. The summed E-state index contributed by atoms with van der Waals surface area (Å²) in [5, 5.41) is 18.0. The Kier molecular flexibility index (Phi) is 17.6. The van der Waals surface area contributed by atoms with Crippen molar-refractivity contribution in [2.75, 3.05) is 42.9 Å². The Morgan fingerprint density at radius 3 is 2.10 bits per heavy atom. The van der Waals surface area contributed by atoms with Crippen LogP contribution < -0.4 is 15.8 Å². The summed E-state index contributed by atoms with van der Waals surface area (Å²) in [6, 6.07) is 2.82. The molecule has 10 nitrogen and oxygen atoms in total. The van der Waals surface area contributed by atoms with Gasteiger partial charge in [0.05, 0.1) is 28.1 Å². The standard InChI is InChI=1S/C47H69ClF3N7O3/c1-3-5-6-7-8-9-10-11-12-13-14-15-16-17-18-19-37(59)24-25-55-26-28-56(29-27-55)43-41(4-2)57(33-42(60)52-40-23-22-36(32-39(40)48)47(49,50)51)46-53-44(54-58(46)45(43)61)38-31-34-20-21-35(38)30-34/h22-23,31-32,34-35,37,59H,3-21,24-30,33H2,1-2H3,(H,52,60). The second kappa shape index (κ2) is 22.8. The molecule has 2 fully saturated rings. The van der Waals surface area contributed by atoms with Gasteiger partial charge in [-0.1, -0.05) is 128 Å². The number of aliphatic hydroxyl groups excluding tert-OH is 1. The van der Waals surface area contributed by atoms with E-state index in [-0.39, 0.29) is 34.7 Å². The van der Waals surface area contributed by atoms with Crippen molar-refractivity contribution in [2.45, 2.75) is 168 Å². The summed E-state index contributed by atoms with van der Waals surface area (Å²) in [7, 11) is 0. The van der Waals surface area contributed by atoms with Crippen LogP contribution in [0.4, 0.5) is 24.5 Å². The van der Waals surface area contributed by atoms with Gasteiger partial charge in [0.15, 0.2) is 5.82 Å². The van der Waals surface area contributed by atoms with Gasteiger partial charge in [0.1, 0.15) is 12.2 Å². The van der Waals surface area contributed by atoms with Crippen molar-refractivity contribution >= 4 is 40.2 Å². The van der Waals surface area contributed by atoms with Crippen LogP contribution >= 0.6 is 11.6 Å². The van der Waals surface area contributed by atoms with Gasteiger partial charge in [-0.25, -0.2) is 0 Å². The highest BCUT2D eigenvalue weighted by Gasteiger charge is 2.36. The zero-order chi connectivity index (χ0) is 43.4. The van der Waals surface area contributed by atoms with E-state index in [1.54, 1.807) is 4.57 Å². The Bertz CT molecular complexity index is 1970. The average Bonchev–Trinajstić information content (AvgIpc) is 4.00. The maximum absolute atomic E-state index is 14.4. The number of anilines is 2. The van der Waals surface area contributed by atoms with Crippen molar-refractivity contribution in [3.63, 3.8) is 0 Å². The fourth-order valence-corrected chi connectivity index (χ4v) is 9.93. The molecule has 3 heterocycles. The molecule has 2 aromatic heterocycles. The van der Waals surface area contributed by atoms with Crippen LogP contribution in [-0.2, 0) is 23.9 Å². The molecular formula is C47H69ClF3N7O3. The van der Waals surface area contributed by atoms with Crippen molar-refractivity contribution < 1.29 is 23.1 Å². The number of halogens is 4. The van der Waals surface area contributed by atoms with E-state index in [4.69, 9.17) is 21.7 Å². The highest BCUT2D eigenvalue weighted by molar-refractivity contribution is 6.33. The maximum Gasteiger partial charge on any atom is 0.416 e. The molecule has 2 bridgehead atoms. The largest absolute Gasteiger partial charge is 0.416 e. The molecule has 1 amide bonds. The van der Waals surface area contributed by atoms with Gasteiger partial charge in [-0.15, -0.1) is 5.10 Å². The Morgan fingerprint density at radius 1 is 0.902 bits per heavy atom. The van der Waals surface area contributed by atoms with Crippen LogP contribution in [0.5, 0.6) is 0 Å². The molecule has 338 valence electrons. The van der Waals surface area contributed by atoms with Gasteiger partial charge in [0.2, 0.25) is 11.7 Å². The number of piperazine rings is 1. The van der Waals surface area contributed by atoms with E-state index in [1.807, 2.05) is 6.92 Å². The van der Waals surface area contributed by atoms with Gasteiger partial charge < -0.3 is 19.9 Å². The number of carbonyl (C=O) groups is 1. The van der Waals surface area contributed by atoms with Crippen molar-refractivity contribution in [1.82, 2.24) is 24.1 Å². The third kappa shape index (κ3) is 12.8. The van der Waals surface area contributed by atoms with Crippen LogP contribution in [0.3, 0.4) is 0 Å². The van der Waals surface area contributed by atoms with Gasteiger partial charge >= 0.3 is 6.18 Å². The topological polar surface area (TPSA) is 108 Å². The molecule has 3 aliphatic rings.